The van der Waals surface area contributed by atoms with Crippen molar-refractivity contribution in [1.82, 2.24) is 10.3 Å². The van der Waals surface area contributed by atoms with E-state index in [9.17, 15) is 14.7 Å². The quantitative estimate of drug-likeness (QED) is 0.642. The second kappa shape index (κ2) is 10.0. The van der Waals surface area contributed by atoms with Crippen molar-refractivity contribution in [2.75, 3.05) is 13.7 Å². The van der Waals surface area contributed by atoms with Gasteiger partial charge in [0.2, 0.25) is 0 Å². The molecule has 0 atom stereocenters. The highest BCUT2D eigenvalue weighted by Crippen LogP contribution is 2.33. The number of aryl methyl sites for hydroxylation is 2. The highest BCUT2D eigenvalue weighted by molar-refractivity contribution is 5.98. The molecule has 7 heteroatoms. The van der Waals surface area contributed by atoms with Crippen LogP contribution in [-0.2, 0) is 11.2 Å². The van der Waals surface area contributed by atoms with Crippen LogP contribution in [0.3, 0.4) is 0 Å². The molecule has 0 bridgehead atoms. The van der Waals surface area contributed by atoms with Crippen molar-refractivity contribution in [2.24, 2.45) is 5.92 Å². The predicted molar refractivity (Wildman–Crippen MR) is 121 cm³/mol. The lowest BCUT2D eigenvalue weighted by atomic mass is 9.77. The van der Waals surface area contributed by atoms with Gasteiger partial charge in [-0.2, -0.15) is 0 Å². The summed E-state index contributed by atoms with van der Waals surface area (Å²) in [5.74, 6) is -0.381. The number of aliphatic carboxylic acids is 1. The molecule has 1 saturated carbocycles. The summed E-state index contributed by atoms with van der Waals surface area (Å²) in [5, 5.41) is 12.6. The normalized spacial score (nSPS) is 20.4. The Morgan fingerprint density at radius 2 is 1.94 bits per heavy atom. The molecule has 32 heavy (non-hydrogen) atoms. The fraction of sp³-hybridized carbons (Fsp3) is 0.480. The van der Waals surface area contributed by atoms with Gasteiger partial charge in [-0.15, -0.1) is 0 Å². The fourth-order valence-corrected chi connectivity index (χ4v) is 4.09. The molecular weight excluding hydrogens is 408 g/mol. The maximum Gasteiger partial charge on any atom is 0.329 e. The number of amides is 1. The lowest BCUT2D eigenvalue weighted by Crippen LogP contribution is -2.56. The van der Waals surface area contributed by atoms with Gasteiger partial charge in [-0.05, 0) is 56.6 Å². The van der Waals surface area contributed by atoms with E-state index in [0.717, 1.165) is 12.8 Å². The number of methoxy groups -OCH3 is 1. The van der Waals surface area contributed by atoms with E-state index in [2.05, 4.69) is 49.3 Å². The third-order valence-corrected chi connectivity index (χ3v) is 6.30. The number of carboxylic acid groups (broad SMARTS) is 1. The van der Waals surface area contributed by atoms with Crippen molar-refractivity contribution in [3.05, 3.63) is 52.7 Å². The van der Waals surface area contributed by atoms with Crippen molar-refractivity contribution in [2.45, 2.75) is 58.4 Å². The topological polar surface area (TPSA) is 97.8 Å². The van der Waals surface area contributed by atoms with Crippen LogP contribution < -0.4 is 14.8 Å². The van der Waals surface area contributed by atoms with Crippen LogP contribution in [0.5, 0.6) is 11.6 Å². The molecule has 1 fully saturated rings. The van der Waals surface area contributed by atoms with Gasteiger partial charge in [0.25, 0.3) is 11.8 Å². The predicted octanol–water partition coefficient (Wildman–Crippen LogP) is 4.09. The average molecular weight is 441 g/mol. The minimum absolute atomic E-state index is 0.242. The second-order valence-electron chi connectivity index (χ2n) is 8.78. The van der Waals surface area contributed by atoms with Crippen LogP contribution in [0.4, 0.5) is 0 Å². The Morgan fingerprint density at radius 3 is 2.59 bits per heavy atom. The smallest absolute Gasteiger partial charge is 0.329 e. The van der Waals surface area contributed by atoms with Gasteiger partial charge in [0, 0.05) is 18.7 Å². The van der Waals surface area contributed by atoms with E-state index in [1.54, 1.807) is 6.07 Å². The molecule has 0 spiro atoms. The first kappa shape index (κ1) is 23.6. The molecule has 7 nitrogen and oxygen atoms in total. The minimum atomic E-state index is -1.24. The molecule has 1 heterocycles. The summed E-state index contributed by atoms with van der Waals surface area (Å²) in [6.07, 6.45) is 4.44. The lowest BCUT2D eigenvalue weighted by molar-refractivity contribution is -0.146. The van der Waals surface area contributed by atoms with Crippen molar-refractivity contribution in [3.63, 3.8) is 0 Å². The van der Waals surface area contributed by atoms with Crippen LogP contribution in [0.25, 0.3) is 0 Å². The highest BCUT2D eigenvalue weighted by Gasteiger charge is 2.42. The van der Waals surface area contributed by atoms with E-state index in [-0.39, 0.29) is 11.4 Å². The Morgan fingerprint density at radius 1 is 1.22 bits per heavy atom. The number of carbonyl (C=O) groups is 2. The fourth-order valence-electron chi connectivity index (χ4n) is 4.09. The molecule has 0 unspecified atom stereocenters. The van der Waals surface area contributed by atoms with Gasteiger partial charge in [-0.25, -0.2) is 9.78 Å². The molecule has 1 aliphatic rings. The SMILES string of the molecule is COc1ncc(C(=O)N[C@]2(C(=O)O)CC[C@@H](C)CC2)cc1OCCc1cc(C)ccc1C. The standard InChI is InChI=1S/C25H32N2O5/c1-16-7-10-25(11-8-16,24(29)30)27-22(28)20-14-21(23(31-4)26-15-20)32-12-9-19-13-17(2)5-6-18(19)3/h5-6,13-16H,7-12H2,1-4H3,(H,27,28)(H,29,30)/t16-,25-. The van der Waals surface area contributed by atoms with Gasteiger partial charge in [0.15, 0.2) is 5.75 Å². The number of pyridine rings is 1. The maximum absolute atomic E-state index is 12.9. The number of carbonyl (C=O) groups excluding carboxylic acids is 1. The lowest BCUT2D eigenvalue weighted by Gasteiger charge is -2.36. The summed E-state index contributed by atoms with van der Waals surface area (Å²) in [4.78, 5) is 29.1. The van der Waals surface area contributed by atoms with Gasteiger partial charge in [-0.1, -0.05) is 30.7 Å². The number of carboxylic acids is 1. The van der Waals surface area contributed by atoms with E-state index in [1.165, 1.54) is 30.0 Å². The summed E-state index contributed by atoms with van der Waals surface area (Å²) < 4.78 is 11.2. The van der Waals surface area contributed by atoms with Crippen LogP contribution in [0.2, 0.25) is 0 Å². The number of aromatic nitrogens is 1. The minimum Gasteiger partial charge on any atom is -0.488 e. The number of nitrogens with zero attached hydrogens (tertiary/aromatic N) is 1. The summed E-state index contributed by atoms with van der Waals surface area (Å²) in [6.45, 7) is 6.61. The van der Waals surface area contributed by atoms with Crippen LogP contribution in [-0.4, -0.2) is 41.2 Å². The van der Waals surface area contributed by atoms with Crippen LogP contribution >= 0.6 is 0 Å². The summed E-state index contributed by atoms with van der Waals surface area (Å²) in [5.41, 5.74) is 2.58. The number of ether oxygens (including phenoxy) is 2. The number of hydrogen-bond acceptors (Lipinski definition) is 5. The van der Waals surface area contributed by atoms with Gasteiger partial charge in [-0.3, -0.25) is 4.79 Å². The molecule has 172 valence electrons. The summed E-state index contributed by atoms with van der Waals surface area (Å²) in [7, 11) is 1.49. The molecule has 3 rings (SSSR count). The number of rotatable bonds is 8. The molecule has 1 amide bonds. The van der Waals surface area contributed by atoms with Gasteiger partial charge in [0.05, 0.1) is 19.3 Å². The Bertz CT molecular complexity index is 980. The molecule has 0 aliphatic heterocycles. The zero-order valence-corrected chi connectivity index (χ0v) is 19.2. The molecule has 0 radical (unpaired) electrons. The molecule has 2 N–H and O–H groups in total. The first-order chi connectivity index (χ1) is 15.2. The average Bonchev–Trinajstić information content (AvgIpc) is 2.77. The first-order valence-electron chi connectivity index (χ1n) is 11.0. The first-order valence-corrected chi connectivity index (χ1v) is 11.0. The number of hydrogen-bond donors (Lipinski definition) is 2. The van der Waals surface area contributed by atoms with E-state index >= 15 is 0 Å². The van der Waals surface area contributed by atoms with Crippen LogP contribution in [0.1, 0.15) is 59.7 Å². The van der Waals surface area contributed by atoms with Crippen LogP contribution in [0, 0.1) is 19.8 Å². The Labute approximate surface area is 189 Å². The van der Waals surface area contributed by atoms with E-state index < -0.39 is 17.4 Å². The van der Waals surface area contributed by atoms with E-state index in [4.69, 9.17) is 9.47 Å². The Kier molecular flexibility index (Phi) is 7.38. The molecular formula is C25H32N2O5. The van der Waals surface area contributed by atoms with E-state index in [0.29, 0.717) is 37.5 Å². The Hall–Kier alpha value is -3.09. The van der Waals surface area contributed by atoms with Gasteiger partial charge >= 0.3 is 5.97 Å². The zero-order valence-electron chi connectivity index (χ0n) is 19.2. The largest absolute Gasteiger partial charge is 0.488 e. The van der Waals surface area contributed by atoms with Crippen molar-refractivity contribution < 1.29 is 24.2 Å². The summed E-state index contributed by atoms with van der Waals surface area (Å²) in [6, 6.07) is 7.85. The molecule has 1 aromatic heterocycles. The molecule has 1 aromatic carbocycles. The third-order valence-electron chi connectivity index (χ3n) is 6.30. The van der Waals surface area contributed by atoms with Crippen molar-refractivity contribution >= 4 is 11.9 Å². The molecule has 0 saturated heterocycles. The number of nitrogens with one attached hydrogen (secondary N) is 1. The monoisotopic (exact) mass is 440 g/mol. The van der Waals surface area contributed by atoms with Gasteiger partial charge in [0.1, 0.15) is 5.54 Å². The maximum atomic E-state index is 12.9. The van der Waals surface area contributed by atoms with Crippen LogP contribution in [0.15, 0.2) is 30.5 Å². The highest BCUT2D eigenvalue weighted by atomic mass is 16.5. The summed E-state index contributed by atoms with van der Waals surface area (Å²) >= 11 is 0. The molecule has 1 aliphatic carbocycles. The van der Waals surface area contributed by atoms with Crippen molar-refractivity contribution in [1.29, 1.82) is 0 Å². The number of benzene rings is 1. The van der Waals surface area contributed by atoms with Crippen molar-refractivity contribution in [3.8, 4) is 11.6 Å². The molecule has 2 aromatic rings. The van der Waals surface area contributed by atoms with Gasteiger partial charge < -0.3 is 19.9 Å². The third kappa shape index (κ3) is 5.39. The second-order valence-corrected chi connectivity index (χ2v) is 8.78. The zero-order chi connectivity index (χ0) is 23.3. The van der Waals surface area contributed by atoms with E-state index in [1.807, 2.05) is 0 Å². The Balaban J connectivity index is 1.72.